The molecule has 4 aromatic rings. The zero-order valence-corrected chi connectivity index (χ0v) is 19.9. The quantitative estimate of drug-likeness (QED) is 0.297. The summed E-state index contributed by atoms with van der Waals surface area (Å²) >= 11 is 0. The maximum absolute atomic E-state index is 13.5. The maximum atomic E-state index is 13.5. The summed E-state index contributed by atoms with van der Waals surface area (Å²) in [7, 11) is 1.55. The molecule has 186 valence electrons. The van der Waals surface area contributed by atoms with Crippen LogP contribution >= 0.6 is 0 Å². The fourth-order valence-electron chi connectivity index (χ4n) is 4.12. The highest BCUT2D eigenvalue weighted by atomic mass is 19.1. The number of hydrogen-bond donors (Lipinski definition) is 2. The fourth-order valence-corrected chi connectivity index (χ4v) is 4.12. The van der Waals surface area contributed by atoms with Gasteiger partial charge in [-0.3, -0.25) is 19.6 Å². The minimum Gasteiger partial charge on any atom is -0.497 e. The summed E-state index contributed by atoms with van der Waals surface area (Å²) in [4.78, 5) is 40.3. The molecule has 0 unspecified atom stereocenters. The Bertz CT molecular complexity index is 1540. The molecule has 3 aromatic carbocycles. The number of benzene rings is 3. The Morgan fingerprint density at radius 2 is 1.59 bits per heavy atom. The van der Waals surface area contributed by atoms with Crippen LogP contribution in [0.25, 0.3) is 11.8 Å². The van der Waals surface area contributed by atoms with E-state index in [1.807, 2.05) is 30.3 Å². The molecule has 2 heterocycles. The molecule has 1 aliphatic rings. The van der Waals surface area contributed by atoms with Crippen molar-refractivity contribution in [3.8, 4) is 11.4 Å². The van der Waals surface area contributed by atoms with E-state index in [1.54, 1.807) is 43.5 Å². The minimum atomic E-state index is -0.564. The number of urea groups is 1. The zero-order chi connectivity index (χ0) is 25.9. The number of imide groups is 1. The SMILES string of the molecule is COc1ccc(-n2[nH]c(Cc3ccc(F)cc3)c(C=C3NC(=O)N(Cc4ccccc4)C3=O)c2=O)cc1. The number of carbonyl (C=O) groups excluding carboxylic acids is 2. The van der Waals surface area contributed by atoms with Crippen LogP contribution in [0.5, 0.6) is 5.75 Å². The summed E-state index contributed by atoms with van der Waals surface area (Å²) in [5.41, 5.74) is 2.43. The van der Waals surface area contributed by atoms with Crippen LogP contribution in [-0.4, -0.2) is 33.7 Å². The molecule has 8 nitrogen and oxygen atoms in total. The van der Waals surface area contributed by atoms with Crippen LogP contribution in [0.4, 0.5) is 9.18 Å². The average Bonchev–Trinajstić information content (AvgIpc) is 3.36. The van der Waals surface area contributed by atoms with Gasteiger partial charge in [-0.1, -0.05) is 42.5 Å². The molecule has 9 heteroatoms. The number of rotatable bonds is 7. The number of carbonyl (C=O) groups is 2. The van der Waals surface area contributed by atoms with Gasteiger partial charge in [0.1, 0.15) is 17.3 Å². The van der Waals surface area contributed by atoms with Gasteiger partial charge in [-0.15, -0.1) is 0 Å². The van der Waals surface area contributed by atoms with E-state index in [2.05, 4.69) is 10.4 Å². The summed E-state index contributed by atoms with van der Waals surface area (Å²) in [6.45, 7) is 0.106. The summed E-state index contributed by atoms with van der Waals surface area (Å²) < 4.78 is 20.0. The first-order chi connectivity index (χ1) is 17.9. The first kappa shape index (κ1) is 23.8. The van der Waals surface area contributed by atoms with Crippen LogP contribution < -0.4 is 15.6 Å². The van der Waals surface area contributed by atoms with Gasteiger partial charge in [0, 0.05) is 12.1 Å². The monoisotopic (exact) mass is 498 g/mol. The molecular formula is C28H23FN4O4. The highest BCUT2D eigenvalue weighted by molar-refractivity contribution is 6.13. The van der Waals surface area contributed by atoms with Crippen molar-refractivity contribution in [1.29, 1.82) is 0 Å². The van der Waals surface area contributed by atoms with Crippen molar-refractivity contribution in [2.45, 2.75) is 13.0 Å². The number of hydrogen-bond acceptors (Lipinski definition) is 4. The molecular weight excluding hydrogens is 475 g/mol. The number of H-pyrrole nitrogens is 1. The predicted molar refractivity (Wildman–Crippen MR) is 136 cm³/mol. The lowest BCUT2D eigenvalue weighted by atomic mass is 10.1. The largest absolute Gasteiger partial charge is 0.497 e. The van der Waals surface area contributed by atoms with Crippen molar-refractivity contribution in [2.75, 3.05) is 7.11 Å². The van der Waals surface area contributed by atoms with Gasteiger partial charge in [0.05, 0.1) is 24.9 Å². The van der Waals surface area contributed by atoms with Crippen molar-refractivity contribution in [2.24, 2.45) is 0 Å². The third-order valence-electron chi connectivity index (χ3n) is 6.06. The molecule has 2 N–H and O–H groups in total. The molecule has 37 heavy (non-hydrogen) atoms. The molecule has 0 radical (unpaired) electrons. The topological polar surface area (TPSA) is 96.4 Å². The Balaban J connectivity index is 1.53. The molecule has 0 saturated carbocycles. The number of nitrogens with one attached hydrogen (secondary N) is 2. The maximum Gasteiger partial charge on any atom is 0.329 e. The van der Waals surface area contributed by atoms with Crippen LogP contribution in [0.15, 0.2) is 89.4 Å². The Hall–Kier alpha value is -4.92. The van der Waals surface area contributed by atoms with E-state index >= 15 is 0 Å². The predicted octanol–water partition coefficient (Wildman–Crippen LogP) is 4.00. The van der Waals surface area contributed by atoms with E-state index in [0.717, 1.165) is 16.0 Å². The van der Waals surface area contributed by atoms with E-state index in [0.29, 0.717) is 17.1 Å². The molecule has 5 rings (SSSR count). The summed E-state index contributed by atoms with van der Waals surface area (Å²) in [5.74, 6) is -0.263. The third kappa shape index (κ3) is 4.92. The standard InChI is InChI=1S/C28H23FN4O4/c1-37-22-13-11-21(12-14-22)33-26(34)23(24(31-33)15-18-7-9-20(29)10-8-18)16-25-27(35)32(28(36)30-25)17-19-5-3-2-4-6-19/h2-14,16,31H,15,17H2,1H3,(H,30,36). The number of halogens is 1. The summed E-state index contributed by atoms with van der Waals surface area (Å²) in [6.07, 6.45) is 1.66. The third-order valence-corrected chi connectivity index (χ3v) is 6.06. The number of amides is 3. The van der Waals surface area contributed by atoms with Crippen molar-refractivity contribution in [3.63, 3.8) is 0 Å². The molecule has 1 saturated heterocycles. The Labute approximate surface area is 211 Å². The first-order valence-electron chi connectivity index (χ1n) is 11.5. The number of aromatic nitrogens is 2. The van der Waals surface area contributed by atoms with Gasteiger partial charge in [-0.25, -0.2) is 13.9 Å². The highest BCUT2D eigenvalue weighted by Gasteiger charge is 2.34. The van der Waals surface area contributed by atoms with Crippen LogP contribution in [0.1, 0.15) is 22.4 Å². The molecule has 0 aliphatic carbocycles. The number of aromatic amines is 1. The van der Waals surface area contributed by atoms with E-state index in [4.69, 9.17) is 4.74 Å². The molecule has 3 amide bonds. The molecule has 0 atom stereocenters. The Morgan fingerprint density at radius 1 is 0.892 bits per heavy atom. The molecule has 0 bridgehead atoms. The lowest BCUT2D eigenvalue weighted by Crippen LogP contribution is -2.30. The van der Waals surface area contributed by atoms with Gasteiger partial charge < -0.3 is 10.1 Å². The van der Waals surface area contributed by atoms with Crippen LogP contribution in [0, 0.1) is 5.82 Å². The van der Waals surface area contributed by atoms with E-state index in [-0.39, 0.29) is 30.0 Å². The van der Waals surface area contributed by atoms with Gasteiger partial charge in [0.15, 0.2) is 0 Å². The number of methoxy groups -OCH3 is 1. The fraction of sp³-hybridized carbons (Fsp3) is 0.107. The van der Waals surface area contributed by atoms with Crippen molar-refractivity contribution >= 4 is 18.0 Å². The molecule has 1 aromatic heterocycles. The average molecular weight is 499 g/mol. The zero-order valence-electron chi connectivity index (χ0n) is 19.9. The second-order valence-corrected chi connectivity index (χ2v) is 8.51. The van der Waals surface area contributed by atoms with Crippen molar-refractivity contribution in [1.82, 2.24) is 20.0 Å². The normalized spacial score (nSPS) is 14.3. The van der Waals surface area contributed by atoms with E-state index in [1.165, 1.54) is 22.9 Å². The van der Waals surface area contributed by atoms with Gasteiger partial charge >= 0.3 is 6.03 Å². The number of nitrogens with zero attached hydrogens (tertiary/aromatic N) is 2. The van der Waals surface area contributed by atoms with Gasteiger partial charge in [0.2, 0.25) is 0 Å². The van der Waals surface area contributed by atoms with E-state index in [9.17, 15) is 18.8 Å². The smallest absolute Gasteiger partial charge is 0.329 e. The Kier molecular flexibility index (Phi) is 6.42. The van der Waals surface area contributed by atoms with Gasteiger partial charge in [-0.05, 0) is 53.6 Å². The second kappa shape index (κ2) is 9.98. The highest BCUT2D eigenvalue weighted by Crippen LogP contribution is 2.20. The van der Waals surface area contributed by atoms with Gasteiger partial charge in [0.25, 0.3) is 11.5 Å². The lowest BCUT2D eigenvalue weighted by Gasteiger charge is -2.11. The molecule has 1 aliphatic heterocycles. The number of ether oxygens (including phenoxy) is 1. The first-order valence-corrected chi connectivity index (χ1v) is 11.5. The molecule has 1 fully saturated rings. The van der Waals surface area contributed by atoms with Crippen molar-refractivity contribution < 1.29 is 18.7 Å². The van der Waals surface area contributed by atoms with E-state index < -0.39 is 17.5 Å². The van der Waals surface area contributed by atoms with Crippen LogP contribution in [-0.2, 0) is 17.8 Å². The minimum absolute atomic E-state index is 0.000678. The van der Waals surface area contributed by atoms with Gasteiger partial charge in [-0.2, -0.15) is 0 Å². The molecule has 0 spiro atoms. The second-order valence-electron chi connectivity index (χ2n) is 8.51. The van der Waals surface area contributed by atoms with Crippen LogP contribution in [0.2, 0.25) is 0 Å². The Morgan fingerprint density at radius 3 is 2.27 bits per heavy atom. The van der Waals surface area contributed by atoms with Crippen molar-refractivity contribution in [3.05, 3.63) is 123 Å². The summed E-state index contributed by atoms with van der Waals surface area (Å²) in [6, 6.07) is 21.4. The summed E-state index contributed by atoms with van der Waals surface area (Å²) in [5, 5.41) is 5.69. The lowest BCUT2D eigenvalue weighted by molar-refractivity contribution is -0.123. The van der Waals surface area contributed by atoms with Crippen LogP contribution in [0.3, 0.4) is 0 Å².